The standard InChI is InChI=1S/C16H17F3N2O3S/c17-16(18,19)13-4-5-15(12(8-13)9-20)25(22,23)21-6-7-24-14(10-21)11-2-1-3-11/h4-5,8,11,14H,1-3,6-7,10H2. The van der Waals surface area contributed by atoms with Crippen molar-refractivity contribution in [3.63, 3.8) is 0 Å². The number of ether oxygens (including phenoxy) is 1. The summed E-state index contributed by atoms with van der Waals surface area (Å²) in [6, 6.07) is 3.71. The van der Waals surface area contributed by atoms with E-state index in [4.69, 9.17) is 10.00 Å². The first kappa shape index (κ1) is 18.2. The third kappa shape index (κ3) is 3.52. The predicted octanol–water partition coefficient (Wildman–Crippen LogP) is 2.77. The number of benzene rings is 1. The largest absolute Gasteiger partial charge is 0.416 e. The molecule has 1 aromatic rings. The summed E-state index contributed by atoms with van der Waals surface area (Å²) >= 11 is 0. The van der Waals surface area contributed by atoms with Gasteiger partial charge in [0.1, 0.15) is 6.07 Å². The fraction of sp³-hybridized carbons (Fsp3) is 0.562. The Kier molecular flexibility index (Phi) is 4.79. The van der Waals surface area contributed by atoms with Gasteiger partial charge in [-0.15, -0.1) is 0 Å². The predicted molar refractivity (Wildman–Crippen MR) is 82.0 cm³/mol. The smallest absolute Gasteiger partial charge is 0.375 e. The van der Waals surface area contributed by atoms with Crippen LogP contribution in [0.3, 0.4) is 0 Å². The first-order valence-electron chi connectivity index (χ1n) is 7.96. The lowest BCUT2D eigenvalue weighted by molar-refractivity contribution is -0.137. The lowest BCUT2D eigenvalue weighted by Crippen LogP contribution is -2.49. The van der Waals surface area contributed by atoms with Crippen molar-refractivity contribution in [2.75, 3.05) is 19.7 Å². The van der Waals surface area contributed by atoms with Gasteiger partial charge >= 0.3 is 6.18 Å². The second-order valence-electron chi connectivity index (χ2n) is 6.28. The summed E-state index contributed by atoms with van der Waals surface area (Å²) < 4.78 is 70.9. The number of nitrogens with zero attached hydrogens (tertiary/aromatic N) is 2. The topological polar surface area (TPSA) is 70.4 Å². The molecule has 0 bridgehead atoms. The molecule has 0 radical (unpaired) electrons. The molecule has 1 aromatic carbocycles. The molecule has 0 spiro atoms. The van der Waals surface area contributed by atoms with Crippen molar-refractivity contribution in [3.8, 4) is 6.07 Å². The maximum Gasteiger partial charge on any atom is 0.416 e. The minimum atomic E-state index is -4.64. The molecule has 1 saturated carbocycles. The van der Waals surface area contributed by atoms with E-state index in [0.717, 1.165) is 25.3 Å². The molecule has 25 heavy (non-hydrogen) atoms. The molecule has 5 nitrogen and oxygen atoms in total. The summed E-state index contributed by atoms with van der Waals surface area (Å²) in [5, 5.41) is 9.13. The minimum absolute atomic E-state index is 0.122. The van der Waals surface area contributed by atoms with Gasteiger partial charge in [-0.25, -0.2) is 8.42 Å². The van der Waals surface area contributed by atoms with Gasteiger partial charge in [-0.3, -0.25) is 0 Å². The average molecular weight is 374 g/mol. The fourth-order valence-electron chi connectivity index (χ4n) is 3.12. The zero-order valence-electron chi connectivity index (χ0n) is 13.3. The first-order chi connectivity index (χ1) is 11.7. The molecule has 1 aliphatic carbocycles. The van der Waals surface area contributed by atoms with E-state index in [1.807, 2.05) is 0 Å². The SMILES string of the molecule is N#Cc1cc(C(F)(F)F)ccc1S(=O)(=O)N1CCOC(C2CCC2)C1. The van der Waals surface area contributed by atoms with Crippen LogP contribution in [0.15, 0.2) is 23.1 Å². The molecular formula is C16H17F3N2O3S. The molecule has 0 amide bonds. The summed E-state index contributed by atoms with van der Waals surface area (Å²) in [6.07, 6.45) is -1.76. The summed E-state index contributed by atoms with van der Waals surface area (Å²) in [7, 11) is -4.05. The minimum Gasteiger partial charge on any atom is -0.375 e. The van der Waals surface area contributed by atoms with Crippen molar-refractivity contribution in [1.82, 2.24) is 4.31 Å². The zero-order chi connectivity index (χ0) is 18.2. The molecule has 1 saturated heterocycles. The first-order valence-corrected chi connectivity index (χ1v) is 9.40. The molecule has 136 valence electrons. The molecule has 0 N–H and O–H groups in total. The van der Waals surface area contributed by atoms with Crippen molar-refractivity contribution in [2.24, 2.45) is 5.92 Å². The van der Waals surface area contributed by atoms with Crippen LogP contribution < -0.4 is 0 Å². The average Bonchev–Trinajstić information content (AvgIpc) is 2.52. The number of hydrogen-bond donors (Lipinski definition) is 0. The highest BCUT2D eigenvalue weighted by molar-refractivity contribution is 7.89. The zero-order valence-corrected chi connectivity index (χ0v) is 14.1. The van der Waals surface area contributed by atoms with E-state index in [1.165, 1.54) is 4.31 Å². The van der Waals surface area contributed by atoms with Gasteiger partial charge in [0.15, 0.2) is 0 Å². The van der Waals surface area contributed by atoms with E-state index < -0.39 is 32.2 Å². The Labute approximate surface area is 144 Å². The Morgan fingerprint density at radius 2 is 2.00 bits per heavy atom. The van der Waals surface area contributed by atoms with Gasteiger partial charge in [-0.05, 0) is 37.0 Å². The molecule has 0 aromatic heterocycles. The van der Waals surface area contributed by atoms with Crippen LogP contribution in [-0.4, -0.2) is 38.5 Å². The van der Waals surface area contributed by atoms with Crippen LogP contribution >= 0.6 is 0 Å². The Bertz CT molecular complexity index is 798. The van der Waals surface area contributed by atoms with E-state index in [-0.39, 0.29) is 25.8 Å². The lowest BCUT2D eigenvalue weighted by atomic mass is 9.81. The molecule has 1 aliphatic heterocycles. The molecule has 3 rings (SSSR count). The van der Waals surface area contributed by atoms with Gasteiger partial charge in [0.05, 0.1) is 28.7 Å². The van der Waals surface area contributed by atoms with Gasteiger partial charge in [0.25, 0.3) is 0 Å². The van der Waals surface area contributed by atoms with Gasteiger partial charge in [0.2, 0.25) is 10.0 Å². The lowest BCUT2D eigenvalue weighted by Gasteiger charge is -2.39. The highest BCUT2D eigenvalue weighted by Gasteiger charge is 2.38. The van der Waals surface area contributed by atoms with Gasteiger partial charge in [0, 0.05) is 13.1 Å². The monoisotopic (exact) mass is 374 g/mol. The normalized spacial score (nSPS) is 23.0. The second kappa shape index (κ2) is 6.59. The Balaban J connectivity index is 1.90. The van der Waals surface area contributed by atoms with Crippen LogP contribution in [0, 0.1) is 17.2 Å². The van der Waals surface area contributed by atoms with E-state index in [2.05, 4.69) is 0 Å². The van der Waals surface area contributed by atoms with Crippen LogP contribution in [0.1, 0.15) is 30.4 Å². The Morgan fingerprint density at radius 3 is 2.56 bits per heavy atom. The summed E-state index contributed by atoms with van der Waals surface area (Å²) in [6.45, 7) is 0.527. The number of sulfonamides is 1. The summed E-state index contributed by atoms with van der Waals surface area (Å²) in [5.41, 5.74) is -1.54. The van der Waals surface area contributed by atoms with Crippen LogP contribution in [0.4, 0.5) is 13.2 Å². The molecule has 2 aliphatic rings. The number of rotatable bonds is 3. The van der Waals surface area contributed by atoms with Crippen molar-refractivity contribution in [2.45, 2.75) is 36.4 Å². The third-order valence-electron chi connectivity index (χ3n) is 4.78. The van der Waals surface area contributed by atoms with E-state index >= 15 is 0 Å². The van der Waals surface area contributed by atoms with Crippen LogP contribution in [0.25, 0.3) is 0 Å². The number of morpholine rings is 1. The Morgan fingerprint density at radius 1 is 1.28 bits per heavy atom. The number of alkyl halides is 3. The molecule has 9 heteroatoms. The maximum absolute atomic E-state index is 12.8. The van der Waals surface area contributed by atoms with Crippen molar-refractivity contribution >= 4 is 10.0 Å². The van der Waals surface area contributed by atoms with Crippen molar-refractivity contribution in [3.05, 3.63) is 29.3 Å². The molecular weight excluding hydrogens is 357 g/mol. The van der Waals surface area contributed by atoms with Gasteiger partial charge < -0.3 is 4.74 Å². The molecule has 1 atom stereocenters. The molecule has 1 unspecified atom stereocenters. The molecule has 2 fully saturated rings. The van der Waals surface area contributed by atoms with Gasteiger partial charge in [-0.2, -0.15) is 22.7 Å². The highest BCUT2D eigenvalue weighted by Crippen LogP contribution is 2.35. The van der Waals surface area contributed by atoms with E-state index in [0.29, 0.717) is 18.1 Å². The maximum atomic E-state index is 12.8. The van der Waals surface area contributed by atoms with Crippen molar-refractivity contribution in [1.29, 1.82) is 5.26 Å². The van der Waals surface area contributed by atoms with Crippen LogP contribution in [-0.2, 0) is 20.9 Å². The number of halogens is 3. The van der Waals surface area contributed by atoms with Crippen LogP contribution in [0.2, 0.25) is 0 Å². The number of hydrogen-bond acceptors (Lipinski definition) is 4. The number of nitriles is 1. The quantitative estimate of drug-likeness (QED) is 0.816. The van der Waals surface area contributed by atoms with Gasteiger partial charge in [-0.1, -0.05) is 6.42 Å². The second-order valence-corrected chi connectivity index (χ2v) is 8.19. The molecule has 1 heterocycles. The Hall–Kier alpha value is -1.63. The summed E-state index contributed by atoms with van der Waals surface area (Å²) in [5.74, 6) is 0.320. The fourth-order valence-corrected chi connectivity index (χ4v) is 4.68. The van der Waals surface area contributed by atoms with E-state index in [9.17, 15) is 21.6 Å². The van der Waals surface area contributed by atoms with Crippen molar-refractivity contribution < 1.29 is 26.3 Å². The highest BCUT2D eigenvalue weighted by atomic mass is 32.2. The van der Waals surface area contributed by atoms with Crippen LogP contribution in [0.5, 0.6) is 0 Å². The summed E-state index contributed by atoms with van der Waals surface area (Å²) in [4.78, 5) is -0.391. The van der Waals surface area contributed by atoms with E-state index in [1.54, 1.807) is 6.07 Å². The third-order valence-corrected chi connectivity index (χ3v) is 6.70.